The van der Waals surface area contributed by atoms with Gasteiger partial charge in [-0.25, -0.2) is 35.7 Å². The Hall–Kier alpha value is -3.86. The lowest BCUT2D eigenvalue weighted by Crippen LogP contribution is -2.45. The molecule has 9 nitrogen and oxygen atoms in total. The zero-order valence-electron chi connectivity index (χ0n) is 19.4. The second-order valence-electron chi connectivity index (χ2n) is 8.45. The Bertz CT molecular complexity index is 1760. The molecule has 0 saturated heterocycles. The first-order valence-corrected chi connectivity index (χ1v) is 12.6. The van der Waals surface area contributed by atoms with Gasteiger partial charge in [-0.05, 0) is 13.0 Å². The molecule has 208 valence electrons. The number of sulfonamides is 1. The third-order valence-electron chi connectivity index (χ3n) is 6.08. The second-order valence-corrected chi connectivity index (χ2v) is 10.5. The minimum atomic E-state index is -4.07. The van der Waals surface area contributed by atoms with Gasteiger partial charge in [-0.15, -0.1) is 0 Å². The van der Waals surface area contributed by atoms with Crippen molar-refractivity contribution in [3.05, 3.63) is 64.1 Å². The number of benzene rings is 2. The van der Waals surface area contributed by atoms with Crippen molar-refractivity contribution in [1.82, 2.24) is 19.0 Å². The van der Waals surface area contributed by atoms with Gasteiger partial charge in [-0.3, -0.25) is 4.57 Å². The number of rotatable bonds is 7. The molecule has 0 unspecified atom stereocenters. The lowest BCUT2D eigenvalue weighted by Gasteiger charge is -2.19. The zero-order valence-corrected chi connectivity index (χ0v) is 20.2. The van der Waals surface area contributed by atoms with E-state index in [1.54, 1.807) is 0 Å². The molecule has 2 aromatic heterocycles. The van der Waals surface area contributed by atoms with Crippen molar-refractivity contribution in [3.63, 3.8) is 0 Å². The minimum absolute atomic E-state index is 0.315. The molecule has 0 amide bonds. The molecule has 17 heteroatoms. The summed E-state index contributed by atoms with van der Waals surface area (Å²) in [4.78, 5) is 13.1. The van der Waals surface area contributed by atoms with Crippen LogP contribution in [-0.2, 0) is 22.5 Å². The van der Waals surface area contributed by atoms with Crippen LogP contribution in [0.25, 0.3) is 27.9 Å². The molecule has 0 fully saturated rings. The third kappa shape index (κ3) is 4.44. The van der Waals surface area contributed by atoms with Crippen molar-refractivity contribution in [2.24, 2.45) is 0 Å². The maximum Gasteiger partial charge on any atom is 0.387 e. The van der Waals surface area contributed by atoms with Crippen molar-refractivity contribution in [2.75, 3.05) is 5.75 Å². The second kappa shape index (κ2) is 9.11. The van der Waals surface area contributed by atoms with Crippen LogP contribution in [0.5, 0.6) is 5.75 Å². The van der Waals surface area contributed by atoms with Crippen molar-refractivity contribution in [1.29, 1.82) is 0 Å². The van der Waals surface area contributed by atoms with E-state index in [9.17, 15) is 35.2 Å². The van der Waals surface area contributed by atoms with Gasteiger partial charge in [-0.1, -0.05) is 5.16 Å². The average molecular weight is 580 g/mol. The van der Waals surface area contributed by atoms with E-state index in [4.69, 9.17) is 4.52 Å². The number of alkyl halides is 4. The highest BCUT2D eigenvalue weighted by molar-refractivity contribution is 7.89. The molecule has 0 radical (unpaired) electrons. The number of nitrogens with one attached hydrogen (secondary N) is 1. The quantitative estimate of drug-likeness (QED) is 0.333. The third-order valence-corrected chi connectivity index (χ3v) is 7.49. The monoisotopic (exact) mass is 580 g/mol. The zero-order chi connectivity index (χ0) is 28.4. The van der Waals surface area contributed by atoms with Gasteiger partial charge >= 0.3 is 18.2 Å². The van der Waals surface area contributed by atoms with Crippen LogP contribution in [0.15, 0.2) is 39.8 Å². The normalized spacial score (nSPS) is 16.8. The topological polar surface area (TPSA) is 108 Å². The van der Waals surface area contributed by atoms with Crippen molar-refractivity contribution in [2.45, 2.75) is 32.0 Å². The highest BCUT2D eigenvalue weighted by Crippen LogP contribution is 2.41. The highest BCUT2D eigenvalue weighted by Gasteiger charge is 2.52. The van der Waals surface area contributed by atoms with E-state index in [0.29, 0.717) is 27.5 Å². The molecule has 39 heavy (non-hydrogen) atoms. The standard InChI is InChI=1S/C22H15F7N4O5S/c1-2-39(35,36)31-15-7-32-16(22(15,28)29)8-33(21(32)34)19-18-11(17-12(24)3-9(23)4-13(17)25)5-10(37-20(26)27)6-14(18)38-30-19/h3-6,8,15,20,31H,2,7H2,1H3/t15-/m1/s1. The molecule has 1 aliphatic heterocycles. The van der Waals surface area contributed by atoms with Crippen LogP contribution in [-0.4, -0.2) is 41.1 Å². The molecule has 3 heterocycles. The Morgan fingerprint density at radius 1 is 1.18 bits per heavy atom. The molecule has 1 N–H and O–H groups in total. The van der Waals surface area contributed by atoms with Crippen LogP contribution in [0.4, 0.5) is 30.7 Å². The molecular weight excluding hydrogens is 565 g/mol. The van der Waals surface area contributed by atoms with Gasteiger partial charge < -0.3 is 9.26 Å². The Morgan fingerprint density at radius 2 is 1.85 bits per heavy atom. The van der Waals surface area contributed by atoms with Crippen LogP contribution in [0.1, 0.15) is 12.6 Å². The number of ether oxygens (including phenoxy) is 1. The maximum atomic E-state index is 15.1. The van der Waals surface area contributed by atoms with Crippen LogP contribution in [0.3, 0.4) is 0 Å². The number of imidazole rings is 1. The predicted molar refractivity (Wildman–Crippen MR) is 120 cm³/mol. The van der Waals surface area contributed by atoms with Gasteiger partial charge in [-0.2, -0.15) is 17.6 Å². The number of hydrogen-bond donors (Lipinski definition) is 1. The largest absolute Gasteiger partial charge is 0.435 e. The molecule has 1 aliphatic rings. The maximum absolute atomic E-state index is 15.1. The summed E-state index contributed by atoms with van der Waals surface area (Å²) < 4.78 is 135. The van der Waals surface area contributed by atoms with Gasteiger partial charge in [0.1, 0.15) is 34.9 Å². The summed E-state index contributed by atoms with van der Waals surface area (Å²) in [6.45, 7) is -2.89. The van der Waals surface area contributed by atoms with E-state index in [-0.39, 0.29) is 5.39 Å². The summed E-state index contributed by atoms with van der Waals surface area (Å²) in [6, 6.07) is 0.276. The van der Waals surface area contributed by atoms with Gasteiger partial charge in [0, 0.05) is 30.0 Å². The summed E-state index contributed by atoms with van der Waals surface area (Å²) >= 11 is 0. The van der Waals surface area contributed by atoms with E-state index >= 15 is 8.78 Å². The van der Waals surface area contributed by atoms with E-state index in [0.717, 1.165) is 12.1 Å². The van der Waals surface area contributed by atoms with Gasteiger partial charge in [0.25, 0.3) is 0 Å². The van der Waals surface area contributed by atoms with Gasteiger partial charge in [0.2, 0.25) is 10.0 Å². The van der Waals surface area contributed by atoms with E-state index in [2.05, 4.69) is 9.89 Å². The van der Waals surface area contributed by atoms with E-state index in [1.807, 2.05) is 4.72 Å². The molecule has 2 aromatic carbocycles. The first-order chi connectivity index (χ1) is 18.2. The Labute approximate surface area is 213 Å². The smallest absolute Gasteiger partial charge is 0.387 e. The highest BCUT2D eigenvalue weighted by atomic mass is 32.2. The van der Waals surface area contributed by atoms with E-state index < -0.39 is 98.0 Å². The van der Waals surface area contributed by atoms with Crippen molar-refractivity contribution >= 4 is 21.0 Å². The first kappa shape index (κ1) is 26.7. The summed E-state index contributed by atoms with van der Waals surface area (Å²) in [7, 11) is -4.07. The number of hydrogen-bond acceptors (Lipinski definition) is 6. The fourth-order valence-electron chi connectivity index (χ4n) is 4.32. The van der Waals surface area contributed by atoms with Crippen molar-refractivity contribution in [3.8, 4) is 22.7 Å². The lowest BCUT2D eigenvalue weighted by atomic mass is 9.99. The number of aromatic nitrogens is 3. The van der Waals surface area contributed by atoms with E-state index in [1.165, 1.54) is 6.92 Å². The molecule has 0 saturated carbocycles. The summed E-state index contributed by atoms with van der Waals surface area (Å²) in [6.07, 6.45) is 0.643. The minimum Gasteiger partial charge on any atom is -0.435 e. The Kier molecular flexibility index (Phi) is 6.25. The Balaban J connectivity index is 1.71. The number of fused-ring (bicyclic) bond motifs is 2. The van der Waals surface area contributed by atoms with Gasteiger partial charge in [0.15, 0.2) is 11.4 Å². The van der Waals surface area contributed by atoms with Crippen LogP contribution in [0.2, 0.25) is 0 Å². The van der Waals surface area contributed by atoms with Crippen LogP contribution >= 0.6 is 0 Å². The summed E-state index contributed by atoms with van der Waals surface area (Å²) in [5.74, 6) is -9.74. The van der Waals surface area contributed by atoms with Crippen molar-refractivity contribution < 1.29 is 48.4 Å². The van der Waals surface area contributed by atoms with Crippen LogP contribution < -0.4 is 15.1 Å². The fraction of sp³-hybridized carbons (Fsp3) is 0.273. The summed E-state index contributed by atoms with van der Waals surface area (Å²) in [5.41, 5.74) is -3.96. The molecule has 5 rings (SSSR count). The summed E-state index contributed by atoms with van der Waals surface area (Å²) in [5, 5.41) is 3.24. The SMILES string of the molecule is CCS(=O)(=O)N[C@@H]1Cn2c(cn(-c3noc4cc(OC(F)F)cc(-c5c(F)cc(F)cc5F)c34)c2=O)C1(F)F. The average Bonchev–Trinajstić information content (AvgIpc) is 3.45. The molecule has 0 spiro atoms. The van der Waals surface area contributed by atoms with Crippen LogP contribution in [0, 0.1) is 17.5 Å². The number of nitrogens with zero attached hydrogens (tertiary/aromatic N) is 3. The Morgan fingerprint density at radius 3 is 2.44 bits per heavy atom. The molecule has 0 aliphatic carbocycles. The van der Waals surface area contributed by atoms with Gasteiger partial charge in [0.05, 0.1) is 23.2 Å². The molecule has 0 bridgehead atoms. The molecule has 4 aromatic rings. The number of halogens is 7. The predicted octanol–water partition coefficient (Wildman–Crippen LogP) is 3.88. The molecule has 1 atom stereocenters. The lowest BCUT2D eigenvalue weighted by molar-refractivity contribution is -0.0497. The molecular formula is C22H15F7N4O5S. The first-order valence-electron chi connectivity index (χ1n) is 11.0. The fourth-order valence-corrected chi connectivity index (χ4v) is 5.15.